The molecule has 1 aromatic heterocycles. The molecule has 7 atom stereocenters. The van der Waals surface area contributed by atoms with Crippen molar-refractivity contribution in [1.29, 1.82) is 0 Å². The van der Waals surface area contributed by atoms with Crippen molar-refractivity contribution in [3.05, 3.63) is 54.6 Å². The Kier molecular flexibility index (Phi) is 11.1. The number of Topliss-reactive ketones (excluding diaryl/α,β-unsaturated/α-hetero) is 1. The number of amides is 2. The van der Waals surface area contributed by atoms with Crippen LogP contribution in [0.3, 0.4) is 0 Å². The Balaban J connectivity index is 1.25. The fourth-order valence-electron chi connectivity index (χ4n) is 9.07. The largest absolute Gasteiger partial charge is 0.496 e. The maximum Gasteiger partial charge on any atom is 0.306 e. The molecule has 0 unspecified atom stereocenters. The van der Waals surface area contributed by atoms with Crippen LogP contribution in [0.4, 0.5) is 0 Å². The quantitative estimate of drug-likeness (QED) is 0.248. The number of fused-ring (bicyclic) bond motifs is 5. The van der Waals surface area contributed by atoms with E-state index in [2.05, 4.69) is 23.5 Å². The smallest absolute Gasteiger partial charge is 0.306 e. The molecule has 13 heteroatoms. The highest BCUT2D eigenvalue weighted by atomic mass is 32.2. The van der Waals surface area contributed by atoms with E-state index in [1.807, 2.05) is 45.0 Å². The molecule has 1 N–H and O–H groups in total. The fourth-order valence-corrected chi connectivity index (χ4v) is 10.5. The zero-order valence-corrected chi connectivity index (χ0v) is 33.8. The van der Waals surface area contributed by atoms with E-state index >= 15 is 0 Å². The zero-order chi connectivity index (χ0) is 40.0. The lowest BCUT2D eigenvalue weighted by molar-refractivity contribution is -0.158. The van der Waals surface area contributed by atoms with Crippen LogP contribution in [0.2, 0.25) is 0 Å². The summed E-state index contributed by atoms with van der Waals surface area (Å²) in [6.45, 7) is 9.58. The molecule has 7 rings (SSSR count). The number of hydrogen-bond donors (Lipinski definition) is 1. The topological polar surface area (TPSA) is 158 Å². The third-order valence-corrected chi connectivity index (χ3v) is 14.5. The summed E-state index contributed by atoms with van der Waals surface area (Å²) in [6.07, 6.45) is 10.7. The van der Waals surface area contributed by atoms with Gasteiger partial charge in [0.2, 0.25) is 27.7 Å². The molecule has 5 aliphatic rings. The van der Waals surface area contributed by atoms with E-state index < -0.39 is 62.0 Å². The number of para-hydroxylation sites is 1. The molecule has 56 heavy (non-hydrogen) atoms. The number of esters is 1. The molecule has 4 fully saturated rings. The van der Waals surface area contributed by atoms with Gasteiger partial charge in [0, 0.05) is 18.2 Å². The Morgan fingerprint density at radius 2 is 1.86 bits per heavy atom. The molecule has 3 heterocycles. The van der Waals surface area contributed by atoms with Crippen LogP contribution in [0, 0.1) is 28.6 Å². The van der Waals surface area contributed by atoms with Gasteiger partial charge in [-0.3, -0.25) is 23.9 Å². The van der Waals surface area contributed by atoms with Gasteiger partial charge in [-0.15, -0.1) is 6.58 Å². The standard InChI is InChI=1S/C43H55N3O9S/c1-6-27-23-43(27,41(50)45-56(51,52)29-19-20-29)24-35(47)34-21-28-25-46(34)40(49)32(42(2,3)4)22-37(48)55-36-18-12-14-26(36)13-8-7-9-16-31-38(53-5)30-15-10-11-17-33(30)44-39(31)54-28/h6-7,9-11,15,17,26-29,32,34,36H,1,8,12-14,16,18-25H2,2-5H3,(H,45,50)/b9-7+/t26-,27-,28-,32-,34+,36-,43-/m1/s1. The van der Waals surface area contributed by atoms with Crippen LogP contribution in [-0.2, 0) is 40.4 Å². The Bertz CT molecular complexity index is 2040. The molecule has 302 valence electrons. The summed E-state index contributed by atoms with van der Waals surface area (Å²) >= 11 is 0. The first-order valence-corrected chi connectivity index (χ1v) is 21.7. The van der Waals surface area contributed by atoms with Crippen LogP contribution >= 0.6 is 0 Å². The highest BCUT2D eigenvalue weighted by Crippen LogP contribution is 2.57. The Labute approximate surface area is 329 Å². The van der Waals surface area contributed by atoms with Crippen molar-refractivity contribution in [2.75, 3.05) is 13.7 Å². The highest BCUT2D eigenvalue weighted by molar-refractivity contribution is 7.90. The number of methoxy groups -OCH3 is 1. The van der Waals surface area contributed by atoms with Gasteiger partial charge in [-0.05, 0) is 87.2 Å². The maximum atomic E-state index is 14.8. The summed E-state index contributed by atoms with van der Waals surface area (Å²) in [4.78, 5) is 63.2. The summed E-state index contributed by atoms with van der Waals surface area (Å²) in [6, 6.07) is 6.64. The predicted octanol–water partition coefficient (Wildman–Crippen LogP) is 6.01. The number of nitrogens with one attached hydrogen (secondary N) is 1. The summed E-state index contributed by atoms with van der Waals surface area (Å²) in [7, 11) is -2.24. The van der Waals surface area contributed by atoms with Crippen molar-refractivity contribution in [1.82, 2.24) is 14.6 Å². The average molecular weight is 790 g/mol. The number of carbonyl (C=O) groups excluding carboxylic acids is 4. The lowest BCUT2D eigenvalue weighted by atomic mass is 9.77. The summed E-state index contributed by atoms with van der Waals surface area (Å²) in [5.41, 5.74) is -0.550. The Morgan fingerprint density at radius 1 is 1.09 bits per heavy atom. The minimum atomic E-state index is -3.86. The van der Waals surface area contributed by atoms with Gasteiger partial charge in [-0.25, -0.2) is 13.4 Å². The molecular formula is C43H55N3O9S. The van der Waals surface area contributed by atoms with E-state index in [-0.39, 0.29) is 55.9 Å². The van der Waals surface area contributed by atoms with Crippen LogP contribution in [0.25, 0.3) is 10.9 Å². The first-order valence-electron chi connectivity index (χ1n) is 20.1. The second-order valence-corrected chi connectivity index (χ2v) is 19.5. The van der Waals surface area contributed by atoms with E-state index in [0.29, 0.717) is 36.4 Å². The van der Waals surface area contributed by atoms with Gasteiger partial charge in [-0.2, -0.15) is 0 Å². The van der Waals surface area contributed by atoms with Crippen LogP contribution in [0.15, 0.2) is 49.1 Å². The normalized spacial score (nSPS) is 30.5. The number of rotatable bonds is 8. The second kappa shape index (κ2) is 15.6. The minimum absolute atomic E-state index is 0.0355. The first kappa shape index (κ1) is 40.0. The molecule has 0 radical (unpaired) electrons. The van der Waals surface area contributed by atoms with E-state index in [0.717, 1.165) is 43.1 Å². The van der Waals surface area contributed by atoms with E-state index in [1.54, 1.807) is 13.2 Å². The van der Waals surface area contributed by atoms with Crippen LogP contribution in [-0.4, -0.2) is 79.0 Å². The molecule has 0 spiro atoms. The summed E-state index contributed by atoms with van der Waals surface area (Å²) in [5, 5.41) is 0.226. The molecular weight excluding hydrogens is 735 g/mol. The highest BCUT2D eigenvalue weighted by Gasteiger charge is 2.61. The SMILES string of the molecule is C=C[C@@H]1C[C@]1(CC(=O)[C@@H]1C[C@@H]2CN1C(=O)[C@H](C(C)(C)C)CC(=O)O[C@@H]1CCC[C@H]1CC/C=C/Cc1c(nc3ccccc3c1OC)O2)C(=O)NS(=O)(=O)C1CC1. The Morgan fingerprint density at radius 3 is 2.55 bits per heavy atom. The number of ketones is 1. The van der Waals surface area contributed by atoms with Crippen LogP contribution in [0.5, 0.6) is 11.6 Å². The lowest BCUT2D eigenvalue weighted by Gasteiger charge is -2.35. The minimum Gasteiger partial charge on any atom is -0.496 e. The number of pyridine rings is 1. The molecule has 2 bridgehead atoms. The number of nitrogens with zero attached hydrogens (tertiary/aromatic N) is 2. The van der Waals surface area contributed by atoms with Crippen molar-refractivity contribution in [2.45, 2.75) is 121 Å². The fraction of sp³-hybridized carbons (Fsp3) is 0.605. The number of ether oxygens (including phenoxy) is 3. The maximum absolute atomic E-state index is 14.8. The van der Waals surface area contributed by atoms with E-state index in [1.165, 1.54) is 4.90 Å². The van der Waals surface area contributed by atoms with Crippen molar-refractivity contribution in [3.8, 4) is 11.6 Å². The average Bonchev–Trinajstić information content (AvgIpc) is 4.04. The van der Waals surface area contributed by atoms with Gasteiger partial charge in [0.1, 0.15) is 18.0 Å². The summed E-state index contributed by atoms with van der Waals surface area (Å²) < 4.78 is 46.7. The second-order valence-electron chi connectivity index (χ2n) is 17.5. The number of benzene rings is 1. The van der Waals surface area contributed by atoms with E-state index in [9.17, 15) is 27.6 Å². The Hall–Kier alpha value is -4.26. The van der Waals surface area contributed by atoms with Gasteiger partial charge in [0.15, 0.2) is 5.78 Å². The number of hydrogen-bond acceptors (Lipinski definition) is 10. The molecule has 12 nitrogen and oxygen atoms in total. The number of allylic oxidation sites excluding steroid dienone is 3. The molecule has 2 amide bonds. The van der Waals surface area contributed by atoms with E-state index in [4.69, 9.17) is 19.2 Å². The zero-order valence-electron chi connectivity index (χ0n) is 33.0. The third-order valence-electron chi connectivity index (χ3n) is 12.6. The van der Waals surface area contributed by atoms with Crippen LogP contribution < -0.4 is 14.2 Å². The number of carbonyl (C=O) groups is 4. The molecule has 2 aliphatic heterocycles. The number of sulfonamides is 1. The van der Waals surface area contributed by atoms with Gasteiger partial charge in [0.05, 0.1) is 53.8 Å². The van der Waals surface area contributed by atoms with Crippen molar-refractivity contribution in [3.63, 3.8) is 0 Å². The molecule has 3 saturated carbocycles. The predicted molar refractivity (Wildman–Crippen MR) is 210 cm³/mol. The first-order chi connectivity index (χ1) is 26.6. The number of aromatic nitrogens is 1. The summed E-state index contributed by atoms with van der Waals surface area (Å²) in [5.74, 6) is -1.92. The molecule has 3 aliphatic carbocycles. The molecule has 1 saturated heterocycles. The monoisotopic (exact) mass is 789 g/mol. The van der Waals surface area contributed by atoms with Gasteiger partial charge < -0.3 is 19.1 Å². The molecule has 2 aromatic rings. The van der Waals surface area contributed by atoms with Gasteiger partial charge >= 0.3 is 5.97 Å². The van der Waals surface area contributed by atoms with Crippen molar-refractivity contribution >= 4 is 44.5 Å². The van der Waals surface area contributed by atoms with Crippen molar-refractivity contribution in [2.24, 2.45) is 28.6 Å². The van der Waals surface area contributed by atoms with Gasteiger partial charge in [-0.1, -0.05) is 51.1 Å². The third kappa shape index (κ3) is 8.11. The van der Waals surface area contributed by atoms with Gasteiger partial charge in [0.25, 0.3) is 0 Å². The molecule has 1 aromatic carbocycles. The lowest BCUT2D eigenvalue weighted by Crippen LogP contribution is -2.48. The van der Waals surface area contributed by atoms with Crippen molar-refractivity contribution < 1.29 is 41.8 Å². The van der Waals surface area contributed by atoms with Crippen LogP contribution in [0.1, 0.15) is 97.0 Å².